The lowest BCUT2D eigenvalue weighted by molar-refractivity contribution is -0.386. The Hall–Kier alpha value is -1.86. The number of nitrogens with one attached hydrogen (secondary N) is 1. The molecule has 0 saturated heterocycles. The molecule has 21 heavy (non-hydrogen) atoms. The second-order valence-corrected chi connectivity index (χ2v) is 5.64. The minimum absolute atomic E-state index is 0.0161. The van der Waals surface area contributed by atoms with Gasteiger partial charge in [-0.3, -0.25) is 14.9 Å². The van der Waals surface area contributed by atoms with Crippen LogP contribution in [0, 0.1) is 10.1 Å². The van der Waals surface area contributed by atoms with Gasteiger partial charge in [0, 0.05) is 23.2 Å². The smallest absolute Gasteiger partial charge is 0.312 e. The molecule has 1 unspecified atom stereocenters. The highest BCUT2D eigenvalue weighted by Gasteiger charge is 2.25. The molecule has 3 N–H and O–H groups in total. The van der Waals surface area contributed by atoms with E-state index in [9.17, 15) is 14.9 Å². The third-order valence-corrected chi connectivity index (χ3v) is 3.00. The molecule has 0 aliphatic rings. The number of ether oxygens (including phenoxy) is 1. The molecule has 116 valence electrons. The molecule has 0 saturated carbocycles. The topological polar surface area (TPSA) is 107 Å². The molecule has 0 aliphatic carbocycles. The molecule has 0 spiro atoms. The Kier molecular flexibility index (Phi) is 5.51. The first-order chi connectivity index (χ1) is 9.66. The summed E-state index contributed by atoms with van der Waals surface area (Å²) in [4.78, 5) is 22.3. The zero-order valence-corrected chi connectivity index (χ0v) is 12.8. The molecule has 0 heterocycles. The highest BCUT2D eigenvalue weighted by Crippen LogP contribution is 2.30. The van der Waals surface area contributed by atoms with E-state index in [1.165, 1.54) is 25.1 Å². The number of nitro groups is 1. The number of carbonyl (C=O) groups excluding carboxylic acids is 1. The number of amides is 1. The van der Waals surface area contributed by atoms with Crippen LogP contribution in [0.1, 0.15) is 20.8 Å². The van der Waals surface area contributed by atoms with E-state index in [2.05, 4.69) is 5.32 Å². The van der Waals surface area contributed by atoms with E-state index in [4.69, 9.17) is 22.1 Å². The van der Waals surface area contributed by atoms with Gasteiger partial charge in [-0.05, 0) is 32.9 Å². The Labute approximate surface area is 127 Å². The predicted molar refractivity (Wildman–Crippen MR) is 79.5 cm³/mol. The van der Waals surface area contributed by atoms with E-state index < -0.39 is 22.5 Å². The Morgan fingerprint density at radius 2 is 2.19 bits per heavy atom. The Morgan fingerprint density at radius 3 is 2.71 bits per heavy atom. The van der Waals surface area contributed by atoms with Crippen molar-refractivity contribution in [2.24, 2.45) is 5.73 Å². The summed E-state index contributed by atoms with van der Waals surface area (Å²) in [5.41, 5.74) is 4.65. The summed E-state index contributed by atoms with van der Waals surface area (Å²) in [7, 11) is 0. The first-order valence-electron chi connectivity index (χ1n) is 6.29. The molecule has 0 fully saturated rings. The fourth-order valence-electron chi connectivity index (χ4n) is 1.46. The van der Waals surface area contributed by atoms with Crippen LogP contribution >= 0.6 is 11.6 Å². The molecule has 8 heteroatoms. The van der Waals surface area contributed by atoms with Gasteiger partial charge < -0.3 is 15.8 Å². The van der Waals surface area contributed by atoms with E-state index in [1.807, 2.05) is 0 Å². The molecule has 1 rings (SSSR count). The molecule has 0 aromatic heterocycles. The van der Waals surface area contributed by atoms with Crippen LogP contribution in [-0.2, 0) is 4.79 Å². The minimum Gasteiger partial charge on any atom is -0.474 e. The number of nitrogens with two attached hydrogens (primary N) is 1. The number of halogens is 1. The van der Waals surface area contributed by atoms with Crippen molar-refractivity contribution in [1.29, 1.82) is 0 Å². The average molecular weight is 316 g/mol. The molecule has 0 radical (unpaired) electrons. The van der Waals surface area contributed by atoms with Crippen molar-refractivity contribution in [3.05, 3.63) is 33.3 Å². The van der Waals surface area contributed by atoms with Crippen molar-refractivity contribution in [3.8, 4) is 5.75 Å². The van der Waals surface area contributed by atoms with Crippen LogP contribution in [0.5, 0.6) is 5.75 Å². The van der Waals surface area contributed by atoms with Crippen LogP contribution in [0.25, 0.3) is 0 Å². The Balaban J connectivity index is 2.86. The molecular weight excluding hydrogens is 298 g/mol. The van der Waals surface area contributed by atoms with Crippen LogP contribution < -0.4 is 15.8 Å². The van der Waals surface area contributed by atoms with Crippen molar-refractivity contribution >= 4 is 23.2 Å². The lowest BCUT2D eigenvalue weighted by Gasteiger charge is -2.26. The Bertz CT molecular complexity index is 548. The summed E-state index contributed by atoms with van der Waals surface area (Å²) in [6.45, 7) is 5.29. The summed E-state index contributed by atoms with van der Waals surface area (Å²) in [5, 5.41) is 13.9. The van der Waals surface area contributed by atoms with Crippen molar-refractivity contribution < 1.29 is 14.5 Å². The van der Waals surface area contributed by atoms with E-state index >= 15 is 0 Å². The van der Waals surface area contributed by atoms with Crippen LogP contribution in [0.15, 0.2) is 18.2 Å². The summed E-state index contributed by atoms with van der Waals surface area (Å²) < 4.78 is 5.36. The fourth-order valence-corrected chi connectivity index (χ4v) is 1.63. The van der Waals surface area contributed by atoms with E-state index in [0.29, 0.717) is 0 Å². The second kappa shape index (κ2) is 6.73. The van der Waals surface area contributed by atoms with Gasteiger partial charge >= 0.3 is 5.69 Å². The normalized spacial score (nSPS) is 12.6. The lowest BCUT2D eigenvalue weighted by Crippen LogP contribution is -2.52. The lowest BCUT2D eigenvalue weighted by atomic mass is 10.1. The molecule has 1 atom stereocenters. The number of hydrogen-bond donors (Lipinski definition) is 2. The third-order valence-electron chi connectivity index (χ3n) is 2.76. The van der Waals surface area contributed by atoms with E-state index in [0.717, 1.165) is 0 Å². The van der Waals surface area contributed by atoms with Crippen LogP contribution in [0.3, 0.4) is 0 Å². The first-order valence-corrected chi connectivity index (χ1v) is 6.67. The summed E-state index contributed by atoms with van der Waals surface area (Å²) >= 11 is 5.71. The standard InChI is InChI=1S/C13H18ClN3O4/c1-8(12(18)16-13(2,3)7-15)21-11-5-4-9(14)6-10(11)17(19)20/h4-6,8H,7,15H2,1-3H3,(H,16,18). The predicted octanol–water partition coefficient (Wildman–Crippen LogP) is 1.87. The number of benzene rings is 1. The fraction of sp³-hybridized carbons (Fsp3) is 0.462. The maximum absolute atomic E-state index is 12.0. The van der Waals surface area contributed by atoms with Gasteiger partial charge in [0.2, 0.25) is 0 Å². The number of nitrogens with zero attached hydrogens (tertiary/aromatic N) is 1. The molecule has 1 aromatic rings. The number of nitro benzene ring substituents is 1. The molecule has 1 amide bonds. The molecule has 0 aliphatic heterocycles. The highest BCUT2D eigenvalue weighted by atomic mass is 35.5. The van der Waals surface area contributed by atoms with E-state index in [-0.39, 0.29) is 23.0 Å². The van der Waals surface area contributed by atoms with Crippen LogP contribution in [0.2, 0.25) is 5.02 Å². The third kappa shape index (κ3) is 4.87. The van der Waals surface area contributed by atoms with Crippen molar-refractivity contribution in [3.63, 3.8) is 0 Å². The molecule has 7 nitrogen and oxygen atoms in total. The van der Waals surface area contributed by atoms with Gasteiger partial charge in [0.25, 0.3) is 5.91 Å². The summed E-state index contributed by atoms with van der Waals surface area (Å²) in [5.74, 6) is -0.424. The van der Waals surface area contributed by atoms with Gasteiger partial charge in [-0.1, -0.05) is 11.6 Å². The largest absolute Gasteiger partial charge is 0.474 e. The molecule has 0 bridgehead atoms. The van der Waals surface area contributed by atoms with Gasteiger partial charge in [0.05, 0.1) is 4.92 Å². The van der Waals surface area contributed by atoms with Gasteiger partial charge in [-0.2, -0.15) is 0 Å². The van der Waals surface area contributed by atoms with Crippen LogP contribution in [-0.4, -0.2) is 29.0 Å². The van der Waals surface area contributed by atoms with Crippen molar-refractivity contribution in [1.82, 2.24) is 5.32 Å². The van der Waals surface area contributed by atoms with Crippen molar-refractivity contribution in [2.45, 2.75) is 32.4 Å². The number of carbonyl (C=O) groups is 1. The van der Waals surface area contributed by atoms with Gasteiger partial charge in [-0.15, -0.1) is 0 Å². The monoisotopic (exact) mass is 315 g/mol. The van der Waals surface area contributed by atoms with Gasteiger partial charge in [0.1, 0.15) is 0 Å². The quantitative estimate of drug-likeness (QED) is 0.615. The molecule has 1 aromatic carbocycles. The second-order valence-electron chi connectivity index (χ2n) is 5.21. The van der Waals surface area contributed by atoms with Crippen LogP contribution in [0.4, 0.5) is 5.69 Å². The maximum atomic E-state index is 12.0. The highest BCUT2D eigenvalue weighted by molar-refractivity contribution is 6.30. The van der Waals surface area contributed by atoms with E-state index in [1.54, 1.807) is 13.8 Å². The summed E-state index contributed by atoms with van der Waals surface area (Å²) in [6, 6.07) is 3.99. The zero-order valence-electron chi connectivity index (χ0n) is 12.1. The SMILES string of the molecule is CC(Oc1ccc(Cl)cc1[N+](=O)[O-])C(=O)NC(C)(C)CN. The minimum atomic E-state index is -0.907. The number of hydrogen-bond acceptors (Lipinski definition) is 5. The summed E-state index contributed by atoms with van der Waals surface area (Å²) in [6.07, 6.45) is -0.907. The van der Waals surface area contributed by atoms with Crippen molar-refractivity contribution in [2.75, 3.05) is 6.54 Å². The maximum Gasteiger partial charge on any atom is 0.312 e. The van der Waals surface area contributed by atoms with Gasteiger partial charge in [-0.25, -0.2) is 0 Å². The van der Waals surface area contributed by atoms with Gasteiger partial charge in [0.15, 0.2) is 11.9 Å². The first kappa shape index (κ1) is 17.2. The zero-order chi connectivity index (χ0) is 16.2. The number of rotatable bonds is 6. The molecular formula is C13H18ClN3O4. The average Bonchev–Trinajstić information content (AvgIpc) is 2.40. The Morgan fingerprint density at radius 1 is 1.57 bits per heavy atom.